The minimum absolute atomic E-state index is 0.200. The zero-order valence-electron chi connectivity index (χ0n) is 19.1. The van der Waals surface area contributed by atoms with Crippen LogP contribution in [0.4, 0.5) is 0 Å². The van der Waals surface area contributed by atoms with Gasteiger partial charge < -0.3 is 14.2 Å². The Hall–Kier alpha value is -3.17. The van der Waals surface area contributed by atoms with Gasteiger partial charge in [0.05, 0.1) is 36.6 Å². The van der Waals surface area contributed by atoms with Crippen LogP contribution >= 0.6 is 27.3 Å². The smallest absolute Gasteiger partial charge is 0.338 e. The number of carbonyl (C=O) groups is 1. The number of ether oxygens (including phenoxy) is 3. The highest BCUT2D eigenvalue weighted by molar-refractivity contribution is 9.10. The van der Waals surface area contributed by atoms with Gasteiger partial charge in [-0.2, -0.15) is 0 Å². The van der Waals surface area contributed by atoms with Crippen molar-refractivity contribution < 1.29 is 19.0 Å². The van der Waals surface area contributed by atoms with E-state index in [2.05, 4.69) is 20.9 Å². The lowest BCUT2D eigenvalue weighted by atomic mass is 9.94. The van der Waals surface area contributed by atoms with E-state index in [1.54, 1.807) is 46.3 Å². The molecule has 2 aromatic carbocycles. The summed E-state index contributed by atoms with van der Waals surface area (Å²) in [4.78, 5) is 31.8. The number of hydrogen-bond acceptors (Lipinski definition) is 7. The van der Waals surface area contributed by atoms with Crippen molar-refractivity contribution in [2.45, 2.75) is 19.9 Å². The largest absolute Gasteiger partial charge is 0.497 e. The maximum atomic E-state index is 13.7. The fraction of sp³-hybridized carbons (Fsp3) is 0.240. The van der Waals surface area contributed by atoms with Crippen LogP contribution < -0.4 is 24.4 Å². The summed E-state index contributed by atoms with van der Waals surface area (Å²) in [6.07, 6.45) is 1.82. The summed E-state index contributed by atoms with van der Waals surface area (Å²) in [6.45, 7) is 3.69. The number of fused-ring (bicyclic) bond motifs is 1. The molecule has 0 fully saturated rings. The summed E-state index contributed by atoms with van der Waals surface area (Å²) in [7, 11) is 3.10. The van der Waals surface area contributed by atoms with E-state index in [1.807, 2.05) is 30.3 Å². The Kier molecular flexibility index (Phi) is 7.04. The second-order valence-electron chi connectivity index (χ2n) is 7.46. The highest BCUT2D eigenvalue weighted by atomic mass is 79.9. The maximum Gasteiger partial charge on any atom is 0.338 e. The Morgan fingerprint density at radius 1 is 1.18 bits per heavy atom. The highest BCUT2D eigenvalue weighted by Gasteiger charge is 2.35. The summed E-state index contributed by atoms with van der Waals surface area (Å²) in [5.74, 6) is 0.566. The molecule has 0 saturated heterocycles. The molecule has 0 spiro atoms. The summed E-state index contributed by atoms with van der Waals surface area (Å²) >= 11 is 4.70. The van der Waals surface area contributed by atoms with Crippen molar-refractivity contribution in [2.24, 2.45) is 4.99 Å². The van der Waals surface area contributed by atoms with Crippen LogP contribution in [0.5, 0.6) is 11.5 Å². The van der Waals surface area contributed by atoms with Crippen molar-refractivity contribution in [1.29, 1.82) is 0 Å². The van der Waals surface area contributed by atoms with Gasteiger partial charge in [0, 0.05) is 10.0 Å². The molecule has 0 N–H and O–H groups in total. The van der Waals surface area contributed by atoms with Crippen LogP contribution in [0.25, 0.3) is 6.08 Å². The van der Waals surface area contributed by atoms with Gasteiger partial charge >= 0.3 is 5.97 Å². The number of benzene rings is 2. The van der Waals surface area contributed by atoms with E-state index in [0.29, 0.717) is 32.1 Å². The van der Waals surface area contributed by atoms with Crippen LogP contribution in [-0.4, -0.2) is 31.4 Å². The first-order valence-electron chi connectivity index (χ1n) is 10.5. The van der Waals surface area contributed by atoms with Crippen molar-refractivity contribution in [1.82, 2.24) is 4.57 Å². The third-order valence-corrected chi connectivity index (χ3v) is 6.93. The van der Waals surface area contributed by atoms with E-state index in [4.69, 9.17) is 14.2 Å². The van der Waals surface area contributed by atoms with E-state index < -0.39 is 12.0 Å². The molecule has 7 nitrogen and oxygen atoms in total. The molecule has 1 aliphatic heterocycles. The summed E-state index contributed by atoms with van der Waals surface area (Å²) in [6, 6.07) is 12.2. The number of thiazole rings is 1. The van der Waals surface area contributed by atoms with E-state index in [-0.39, 0.29) is 17.7 Å². The van der Waals surface area contributed by atoms with Gasteiger partial charge in [-0.3, -0.25) is 9.36 Å². The quantitative estimate of drug-likeness (QED) is 0.445. The third-order valence-electron chi connectivity index (χ3n) is 5.42. The summed E-state index contributed by atoms with van der Waals surface area (Å²) < 4.78 is 19.4. The normalized spacial score (nSPS) is 15.6. The lowest BCUT2D eigenvalue weighted by molar-refractivity contribution is -0.139. The predicted molar refractivity (Wildman–Crippen MR) is 134 cm³/mol. The second-order valence-corrected chi connectivity index (χ2v) is 9.39. The SMILES string of the molecule is CCOC(=O)C1=C(C)N=c2s/c(=C/c3ccc(Br)cc3)c(=O)n2[C@@H]1c1cc(OC)ccc1OC. The van der Waals surface area contributed by atoms with Crippen molar-refractivity contribution in [3.63, 3.8) is 0 Å². The molecule has 0 unspecified atom stereocenters. The molecule has 34 heavy (non-hydrogen) atoms. The lowest BCUT2D eigenvalue weighted by Crippen LogP contribution is -2.40. The van der Waals surface area contributed by atoms with Crippen LogP contribution in [0.1, 0.15) is 31.0 Å². The predicted octanol–water partition coefficient (Wildman–Crippen LogP) is 3.58. The molecule has 1 aromatic heterocycles. The number of allylic oxidation sites excluding steroid dienone is 1. The number of rotatable bonds is 6. The molecule has 2 heterocycles. The van der Waals surface area contributed by atoms with Crippen LogP contribution in [-0.2, 0) is 9.53 Å². The molecule has 4 rings (SSSR count). The van der Waals surface area contributed by atoms with E-state index >= 15 is 0 Å². The molecule has 176 valence electrons. The van der Waals surface area contributed by atoms with Crippen molar-refractivity contribution in [3.05, 3.63) is 89.0 Å². The standard InChI is InChI=1S/C25H23BrN2O5S/c1-5-33-24(30)21-14(2)27-25-28(22(21)18-13-17(31-3)10-11-19(18)32-4)23(29)20(34-25)12-15-6-8-16(26)9-7-15/h6-13,22H,5H2,1-4H3/b20-12+/t22-/m1/s1. The molecule has 0 radical (unpaired) electrons. The fourth-order valence-corrected chi connectivity index (χ4v) is 5.16. The van der Waals surface area contributed by atoms with E-state index in [0.717, 1.165) is 10.0 Å². The van der Waals surface area contributed by atoms with Crippen LogP contribution in [0.2, 0.25) is 0 Å². The number of nitrogens with zero attached hydrogens (tertiary/aromatic N) is 2. The van der Waals surface area contributed by atoms with Gasteiger partial charge in [0.15, 0.2) is 4.80 Å². The van der Waals surface area contributed by atoms with Gasteiger partial charge in [-0.25, -0.2) is 9.79 Å². The summed E-state index contributed by atoms with van der Waals surface area (Å²) in [5, 5.41) is 0. The number of esters is 1. The number of methoxy groups -OCH3 is 2. The Morgan fingerprint density at radius 3 is 2.56 bits per heavy atom. The highest BCUT2D eigenvalue weighted by Crippen LogP contribution is 2.37. The second kappa shape index (κ2) is 9.99. The van der Waals surface area contributed by atoms with Gasteiger partial charge in [-0.15, -0.1) is 0 Å². The number of halogens is 1. The molecular weight excluding hydrogens is 520 g/mol. The molecule has 0 bridgehead atoms. The lowest BCUT2D eigenvalue weighted by Gasteiger charge is -2.26. The number of hydrogen-bond donors (Lipinski definition) is 0. The average Bonchev–Trinajstić information content (AvgIpc) is 3.13. The molecule has 0 amide bonds. The maximum absolute atomic E-state index is 13.7. The first kappa shape index (κ1) is 24.0. The topological polar surface area (TPSA) is 79.1 Å². The van der Waals surface area contributed by atoms with Crippen LogP contribution in [0, 0.1) is 0 Å². The zero-order chi connectivity index (χ0) is 24.4. The first-order chi connectivity index (χ1) is 16.4. The van der Waals surface area contributed by atoms with Gasteiger partial charge in [0.1, 0.15) is 17.5 Å². The number of carbonyl (C=O) groups excluding carboxylic acids is 1. The Balaban J connectivity index is 2.01. The minimum atomic E-state index is -0.785. The molecule has 1 aliphatic rings. The third kappa shape index (κ3) is 4.45. The van der Waals surface area contributed by atoms with Crippen LogP contribution in [0.15, 0.2) is 68.0 Å². The Morgan fingerprint density at radius 2 is 1.91 bits per heavy atom. The average molecular weight is 543 g/mol. The Bertz CT molecular complexity index is 1450. The van der Waals surface area contributed by atoms with Crippen LogP contribution in [0.3, 0.4) is 0 Å². The monoisotopic (exact) mass is 542 g/mol. The van der Waals surface area contributed by atoms with Gasteiger partial charge in [0.2, 0.25) is 0 Å². The molecule has 3 aromatic rings. The molecule has 0 saturated carbocycles. The molecular formula is C25H23BrN2O5S. The molecule has 9 heteroatoms. The molecule has 0 aliphatic carbocycles. The van der Waals surface area contributed by atoms with E-state index in [9.17, 15) is 9.59 Å². The van der Waals surface area contributed by atoms with E-state index in [1.165, 1.54) is 15.9 Å². The van der Waals surface area contributed by atoms with Crippen molar-refractivity contribution >= 4 is 39.3 Å². The first-order valence-corrected chi connectivity index (χ1v) is 12.2. The van der Waals surface area contributed by atoms with Gasteiger partial charge in [-0.1, -0.05) is 39.4 Å². The van der Waals surface area contributed by atoms with Crippen molar-refractivity contribution in [2.75, 3.05) is 20.8 Å². The Labute approximate surface area is 208 Å². The molecule has 1 atom stereocenters. The minimum Gasteiger partial charge on any atom is -0.497 e. The van der Waals surface area contributed by atoms with Gasteiger partial charge in [0.25, 0.3) is 5.56 Å². The van der Waals surface area contributed by atoms with Crippen molar-refractivity contribution in [3.8, 4) is 11.5 Å². The summed E-state index contributed by atoms with van der Waals surface area (Å²) in [5.41, 5.74) is 2.01. The number of aromatic nitrogens is 1. The zero-order valence-corrected chi connectivity index (χ0v) is 21.5. The fourth-order valence-electron chi connectivity index (χ4n) is 3.85. The van der Waals surface area contributed by atoms with Gasteiger partial charge in [-0.05, 0) is 55.8 Å².